The molecule has 0 bridgehead atoms. The van der Waals surface area contributed by atoms with Gasteiger partial charge in [0.2, 0.25) is 0 Å². The van der Waals surface area contributed by atoms with Crippen LogP contribution in [0, 0.1) is 12.7 Å². The highest BCUT2D eigenvalue weighted by Gasteiger charge is 2.06. The van der Waals surface area contributed by atoms with Crippen molar-refractivity contribution in [3.63, 3.8) is 0 Å². The van der Waals surface area contributed by atoms with E-state index >= 15 is 0 Å². The molecule has 1 aromatic carbocycles. The molecule has 2 nitrogen and oxygen atoms in total. The van der Waals surface area contributed by atoms with Crippen LogP contribution < -0.4 is 5.73 Å². The first-order valence-corrected chi connectivity index (χ1v) is 3.99. The third-order valence-electron chi connectivity index (χ3n) is 2.10. The second-order valence-electron chi connectivity index (χ2n) is 2.99. The molecule has 0 saturated carbocycles. The van der Waals surface area contributed by atoms with Gasteiger partial charge in [-0.25, -0.2) is 9.37 Å². The predicted molar refractivity (Wildman–Crippen MR) is 50.9 cm³/mol. The van der Waals surface area contributed by atoms with Gasteiger partial charge in [0.1, 0.15) is 11.6 Å². The van der Waals surface area contributed by atoms with E-state index in [2.05, 4.69) is 4.98 Å². The molecule has 66 valence electrons. The standard InChI is InChI=1S/C10H9FN2/c1-6-3-2-4-7-9(6)8(11)5-13-10(7)12/h2-5H,1H3,(H2,12,13). The molecule has 3 heteroatoms. The van der Waals surface area contributed by atoms with E-state index in [9.17, 15) is 4.39 Å². The van der Waals surface area contributed by atoms with E-state index in [0.717, 1.165) is 11.8 Å². The summed E-state index contributed by atoms with van der Waals surface area (Å²) in [5.74, 6) is 0.0578. The zero-order valence-corrected chi connectivity index (χ0v) is 7.21. The molecular weight excluding hydrogens is 167 g/mol. The lowest BCUT2D eigenvalue weighted by Gasteiger charge is -2.04. The number of halogens is 1. The van der Waals surface area contributed by atoms with Gasteiger partial charge in [0, 0.05) is 10.8 Å². The van der Waals surface area contributed by atoms with Crippen LogP contribution in [0.2, 0.25) is 0 Å². The van der Waals surface area contributed by atoms with Gasteiger partial charge in [-0.15, -0.1) is 0 Å². The molecule has 0 radical (unpaired) electrons. The average Bonchev–Trinajstić information content (AvgIpc) is 2.12. The van der Waals surface area contributed by atoms with Crippen molar-refractivity contribution in [1.29, 1.82) is 0 Å². The highest BCUT2D eigenvalue weighted by Crippen LogP contribution is 2.24. The van der Waals surface area contributed by atoms with Gasteiger partial charge in [-0.3, -0.25) is 0 Å². The third-order valence-corrected chi connectivity index (χ3v) is 2.10. The number of nitrogens with two attached hydrogens (primary N) is 1. The minimum absolute atomic E-state index is 0.317. The van der Waals surface area contributed by atoms with Crippen molar-refractivity contribution < 1.29 is 4.39 Å². The fraction of sp³-hybridized carbons (Fsp3) is 0.100. The molecule has 0 aliphatic heterocycles. The number of fused-ring (bicyclic) bond motifs is 1. The lowest BCUT2D eigenvalue weighted by molar-refractivity contribution is 0.634. The zero-order valence-electron chi connectivity index (χ0n) is 7.21. The first kappa shape index (κ1) is 7.98. The number of hydrogen-bond donors (Lipinski definition) is 1. The SMILES string of the molecule is Cc1cccc2c(N)ncc(F)c12. The van der Waals surface area contributed by atoms with Crippen LogP contribution >= 0.6 is 0 Å². The van der Waals surface area contributed by atoms with Gasteiger partial charge in [-0.05, 0) is 12.5 Å². The Balaban J connectivity index is 3.00. The number of anilines is 1. The maximum atomic E-state index is 13.3. The second kappa shape index (κ2) is 2.69. The van der Waals surface area contributed by atoms with Crippen LogP contribution in [0.1, 0.15) is 5.56 Å². The Kier molecular flexibility index (Phi) is 1.65. The van der Waals surface area contributed by atoms with Gasteiger partial charge >= 0.3 is 0 Å². The number of rotatable bonds is 0. The van der Waals surface area contributed by atoms with Crippen molar-refractivity contribution >= 4 is 16.6 Å². The van der Waals surface area contributed by atoms with Crippen LogP contribution in [-0.2, 0) is 0 Å². The Morgan fingerprint density at radius 1 is 1.38 bits per heavy atom. The van der Waals surface area contributed by atoms with Gasteiger partial charge in [0.25, 0.3) is 0 Å². The van der Waals surface area contributed by atoms with Crippen LogP contribution in [-0.4, -0.2) is 4.98 Å². The Morgan fingerprint density at radius 3 is 2.85 bits per heavy atom. The molecule has 0 saturated heterocycles. The molecule has 0 spiro atoms. The molecule has 0 aliphatic rings. The van der Waals surface area contributed by atoms with Crippen molar-refractivity contribution in [3.05, 3.63) is 35.8 Å². The van der Waals surface area contributed by atoms with Crippen LogP contribution in [0.5, 0.6) is 0 Å². The smallest absolute Gasteiger partial charge is 0.149 e. The molecule has 2 rings (SSSR count). The fourth-order valence-electron chi connectivity index (χ4n) is 1.46. The summed E-state index contributed by atoms with van der Waals surface area (Å²) in [6, 6.07) is 5.47. The van der Waals surface area contributed by atoms with E-state index in [1.165, 1.54) is 0 Å². The molecule has 0 fully saturated rings. The molecular formula is C10H9FN2. The minimum atomic E-state index is -0.317. The van der Waals surface area contributed by atoms with Crippen LogP contribution in [0.15, 0.2) is 24.4 Å². The van der Waals surface area contributed by atoms with E-state index < -0.39 is 0 Å². The van der Waals surface area contributed by atoms with E-state index in [0.29, 0.717) is 16.6 Å². The Labute approximate surface area is 75.2 Å². The second-order valence-corrected chi connectivity index (χ2v) is 2.99. The zero-order chi connectivity index (χ0) is 9.42. The van der Waals surface area contributed by atoms with Gasteiger partial charge in [-0.2, -0.15) is 0 Å². The summed E-state index contributed by atoms with van der Waals surface area (Å²) in [5.41, 5.74) is 6.50. The molecule has 2 N–H and O–H groups in total. The quantitative estimate of drug-likeness (QED) is 0.668. The number of nitrogen functional groups attached to an aromatic ring is 1. The molecule has 0 amide bonds. The summed E-state index contributed by atoms with van der Waals surface area (Å²) < 4.78 is 13.3. The van der Waals surface area contributed by atoms with Crippen molar-refractivity contribution in [3.8, 4) is 0 Å². The Hall–Kier alpha value is -1.64. The van der Waals surface area contributed by atoms with Gasteiger partial charge in [-0.1, -0.05) is 18.2 Å². The number of aryl methyl sites for hydroxylation is 1. The summed E-state index contributed by atoms with van der Waals surface area (Å²) in [4.78, 5) is 3.75. The topological polar surface area (TPSA) is 38.9 Å². The van der Waals surface area contributed by atoms with Crippen LogP contribution in [0.25, 0.3) is 10.8 Å². The van der Waals surface area contributed by atoms with Gasteiger partial charge in [0.15, 0.2) is 0 Å². The summed E-state index contributed by atoms with van der Waals surface area (Å²) >= 11 is 0. The number of aromatic nitrogens is 1. The van der Waals surface area contributed by atoms with Crippen molar-refractivity contribution in [2.24, 2.45) is 0 Å². The highest BCUT2D eigenvalue weighted by molar-refractivity contribution is 5.93. The highest BCUT2D eigenvalue weighted by atomic mass is 19.1. The van der Waals surface area contributed by atoms with E-state index in [1.54, 1.807) is 6.07 Å². The summed E-state index contributed by atoms with van der Waals surface area (Å²) in [5, 5.41) is 1.25. The largest absolute Gasteiger partial charge is 0.383 e. The fourth-order valence-corrected chi connectivity index (χ4v) is 1.46. The summed E-state index contributed by atoms with van der Waals surface area (Å²) in [7, 11) is 0. The van der Waals surface area contributed by atoms with E-state index in [-0.39, 0.29) is 5.82 Å². The number of pyridine rings is 1. The normalized spacial score (nSPS) is 10.6. The first-order chi connectivity index (χ1) is 6.20. The Bertz CT molecular complexity index is 457. The van der Waals surface area contributed by atoms with Gasteiger partial charge in [0.05, 0.1) is 6.20 Å². The molecule has 1 heterocycles. The van der Waals surface area contributed by atoms with Crippen molar-refractivity contribution in [1.82, 2.24) is 4.98 Å². The molecule has 0 unspecified atom stereocenters. The first-order valence-electron chi connectivity index (χ1n) is 3.99. The lowest BCUT2D eigenvalue weighted by atomic mass is 10.1. The summed E-state index contributed by atoms with van der Waals surface area (Å²) in [6.07, 6.45) is 1.16. The van der Waals surface area contributed by atoms with E-state index in [4.69, 9.17) is 5.73 Å². The molecule has 1 aromatic heterocycles. The molecule has 0 atom stereocenters. The number of hydrogen-bond acceptors (Lipinski definition) is 2. The maximum Gasteiger partial charge on any atom is 0.149 e. The van der Waals surface area contributed by atoms with Crippen molar-refractivity contribution in [2.75, 3.05) is 5.73 Å². The monoisotopic (exact) mass is 176 g/mol. The molecule has 13 heavy (non-hydrogen) atoms. The third kappa shape index (κ3) is 1.13. The Morgan fingerprint density at radius 2 is 2.15 bits per heavy atom. The van der Waals surface area contributed by atoms with Crippen molar-refractivity contribution in [2.45, 2.75) is 6.92 Å². The van der Waals surface area contributed by atoms with E-state index in [1.807, 2.05) is 19.1 Å². The van der Waals surface area contributed by atoms with Crippen LogP contribution in [0.4, 0.5) is 10.2 Å². The lowest BCUT2D eigenvalue weighted by Crippen LogP contribution is -1.94. The number of nitrogens with zero attached hydrogens (tertiary/aromatic N) is 1. The average molecular weight is 176 g/mol. The van der Waals surface area contributed by atoms with Gasteiger partial charge < -0.3 is 5.73 Å². The predicted octanol–water partition coefficient (Wildman–Crippen LogP) is 2.26. The maximum absolute atomic E-state index is 13.3. The summed E-state index contributed by atoms with van der Waals surface area (Å²) in [6.45, 7) is 1.85. The minimum Gasteiger partial charge on any atom is -0.383 e. The van der Waals surface area contributed by atoms with Crippen LogP contribution in [0.3, 0.4) is 0 Å². The molecule has 0 aliphatic carbocycles. The molecule has 2 aromatic rings. The number of benzene rings is 1.